The molecule has 5 nitrogen and oxygen atoms in total. The van der Waals surface area contributed by atoms with Crippen LogP contribution in [0.4, 0.5) is 0 Å². The second-order valence-corrected chi connectivity index (χ2v) is 6.51. The van der Waals surface area contributed by atoms with E-state index in [1.807, 2.05) is 30.3 Å². The van der Waals surface area contributed by atoms with Gasteiger partial charge in [-0.15, -0.1) is 0 Å². The molecule has 0 N–H and O–H groups in total. The van der Waals surface area contributed by atoms with Gasteiger partial charge in [0, 0.05) is 13.1 Å². The van der Waals surface area contributed by atoms with E-state index >= 15 is 0 Å². The van der Waals surface area contributed by atoms with Crippen LogP contribution in [0.5, 0.6) is 0 Å². The van der Waals surface area contributed by atoms with Crippen LogP contribution in [0.3, 0.4) is 0 Å². The summed E-state index contributed by atoms with van der Waals surface area (Å²) in [7, 11) is -3.59. The summed E-state index contributed by atoms with van der Waals surface area (Å²) in [5.41, 5.74) is 0.913. The van der Waals surface area contributed by atoms with Crippen LogP contribution >= 0.6 is 0 Å². The Morgan fingerprint density at radius 2 is 2.05 bits per heavy atom. The maximum absolute atomic E-state index is 12.2. The van der Waals surface area contributed by atoms with Gasteiger partial charge in [0.15, 0.2) is 5.25 Å². The highest BCUT2D eigenvalue weighted by molar-refractivity contribution is 7.90. The number of rotatable bonds is 4. The molecular weight excluding hydrogens is 266 g/mol. The SMILES string of the molecule is CCOC(=O)C1CCN(Cc2ccccc2)S1(=O)=O. The van der Waals surface area contributed by atoms with Crippen molar-refractivity contribution >= 4 is 16.0 Å². The number of hydrogen-bond donors (Lipinski definition) is 0. The van der Waals surface area contributed by atoms with Gasteiger partial charge in [0.25, 0.3) is 0 Å². The molecule has 0 radical (unpaired) electrons. The predicted octanol–water partition coefficient (Wildman–Crippen LogP) is 1.15. The van der Waals surface area contributed by atoms with Crippen LogP contribution in [-0.2, 0) is 26.1 Å². The molecule has 1 heterocycles. The lowest BCUT2D eigenvalue weighted by Crippen LogP contribution is -2.34. The van der Waals surface area contributed by atoms with Crippen molar-refractivity contribution in [3.63, 3.8) is 0 Å². The second-order valence-electron chi connectivity index (χ2n) is 4.39. The fraction of sp³-hybridized carbons (Fsp3) is 0.462. The molecule has 1 aromatic carbocycles. The number of esters is 1. The Hall–Kier alpha value is -1.40. The number of nitrogens with zero attached hydrogens (tertiary/aromatic N) is 1. The van der Waals surface area contributed by atoms with Gasteiger partial charge >= 0.3 is 5.97 Å². The van der Waals surface area contributed by atoms with E-state index in [1.165, 1.54) is 4.31 Å². The van der Waals surface area contributed by atoms with Gasteiger partial charge in [-0.1, -0.05) is 30.3 Å². The first-order valence-electron chi connectivity index (χ1n) is 6.25. The molecule has 0 aliphatic carbocycles. The van der Waals surface area contributed by atoms with Gasteiger partial charge < -0.3 is 4.74 Å². The summed E-state index contributed by atoms with van der Waals surface area (Å²) in [4.78, 5) is 11.6. The van der Waals surface area contributed by atoms with Gasteiger partial charge in [0.1, 0.15) is 0 Å². The van der Waals surface area contributed by atoms with Crippen molar-refractivity contribution in [3.8, 4) is 0 Å². The molecule has 0 amide bonds. The lowest BCUT2D eigenvalue weighted by Gasteiger charge is -2.16. The number of benzene rings is 1. The van der Waals surface area contributed by atoms with Crippen molar-refractivity contribution in [1.29, 1.82) is 0 Å². The van der Waals surface area contributed by atoms with Crippen LogP contribution in [0, 0.1) is 0 Å². The van der Waals surface area contributed by atoms with Crippen LogP contribution < -0.4 is 0 Å². The standard InChI is InChI=1S/C13H17NO4S/c1-2-18-13(15)12-8-9-14(19(12,16)17)10-11-6-4-3-5-7-11/h3-7,12H,2,8-10H2,1H3. The summed E-state index contributed by atoms with van der Waals surface area (Å²) < 4.78 is 30.6. The average molecular weight is 283 g/mol. The fourth-order valence-electron chi connectivity index (χ4n) is 2.15. The summed E-state index contributed by atoms with van der Waals surface area (Å²) in [6.45, 7) is 2.53. The topological polar surface area (TPSA) is 63.7 Å². The molecular formula is C13H17NO4S. The van der Waals surface area contributed by atoms with Gasteiger partial charge in [-0.25, -0.2) is 8.42 Å². The molecule has 1 aliphatic heterocycles. The molecule has 1 aromatic rings. The van der Waals surface area contributed by atoms with E-state index in [0.29, 0.717) is 19.5 Å². The Morgan fingerprint density at radius 1 is 1.37 bits per heavy atom. The Morgan fingerprint density at radius 3 is 2.68 bits per heavy atom. The molecule has 104 valence electrons. The molecule has 0 aromatic heterocycles. The van der Waals surface area contributed by atoms with Gasteiger partial charge in [0.05, 0.1) is 6.61 Å². The van der Waals surface area contributed by atoms with E-state index in [-0.39, 0.29) is 6.61 Å². The molecule has 0 bridgehead atoms. The first-order chi connectivity index (χ1) is 9.05. The monoisotopic (exact) mass is 283 g/mol. The van der Waals surface area contributed by atoms with E-state index in [2.05, 4.69) is 0 Å². The highest BCUT2D eigenvalue weighted by Crippen LogP contribution is 2.25. The van der Waals surface area contributed by atoms with Gasteiger partial charge in [-0.3, -0.25) is 4.79 Å². The molecule has 1 aliphatic rings. The first-order valence-corrected chi connectivity index (χ1v) is 7.75. The Bertz CT molecular complexity index is 541. The smallest absolute Gasteiger partial charge is 0.325 e. The molecule has 1 unspecified atom stereocenters. The zero-order valence-corrected chi connectivity index (χ0v) is 11.6. The largest absolute Gasteiger partial charge is 0.465 e. The maximum atomic E-state index is 12.2. The first kappa shape index (κ1) is 14.0. The van der Waals surface area contributed by atoms with Crippen LogP contribution in [0.25, 0.3) is 0 Å². The third-order valence-electron chi connectivity index (χ3n) is 3.11. The second kappa shape index (κ2) is 5.71. The van der Waals surface area contributed by atoms with E-state index < -0.39 is 21.2 Å². The van der Waals surface area contributed by atoms with Crippen molar-refractivity contribution in [2.75, 3.05) is 13.2 Å². The Balaban J connectivity index is 2.11. The number of ether oxygens (including phenoxy) is 1. The number of carbonyl (C=O) groups is 1. The predicted molar refractivity (Wildman–Crippen MR) is 70.8 cm³/mol. The van der Waals surface area contributed by atoms with Gasteiger partial charge in [-0.05, 0) is 18.9 Å². The summed E-state index contributed by atoms with van der Waals surface area (Å²) >= 11 is 0. The lowest BCUT2D eigenvalue weighted by molar-refractivity contribution is -0.142. The number of sulfonamides is 1. The van der Waals surface area contributed by atoms with E-state index in [0.717, 1.165) is 5.56 Å². The third kappa shape index (κ3) is 2.96. The molecule has 1 fully saturated rings. The summed E-state index contributed by atoms with van der Waals surface area (Å²) in [5, 5.41) is -1.05. The Kier molecular flexibility index (Phi) is 4.21. The quantitative estimate of drug-likeness (QED) is 0.778. The summed E-state index contributed by atoms with van der Waals surface area (Å²) in [6.07, 6.45) is 0.300. The molecule has 0 spiro atoms. The fourth-order valence-corrected chi connectivity index (χ4v) is 3.91. The molecule has 1 saturated heterocycles. The van der Waals surface area contributed by atoms with Crippen molar-refractivity contribution < 1.29 is 17.9 Å². The molecule has 6 heteroatoms. The number of hydrogen-bond acceptors (Lipinski definition) is 4. The average Bonchev–Trinajstić information content (AvgIpc) is 2.67. The molecule has 0 saturated carbocycles. The van der Waals surface area contributed by atoms with E-state index in [9.17, 15) is 13.2 Å². The minimum atomic E-state index is -3.59. The molecule has 2 rings (SSSR count). The Labute approximate surface area is 113 Å². The van der Waals surface area contributed by atoms with Crippen molar-refractivity contribution in [2.24, 2.45) is 0 Å². The molecule has 1 atom stereocenters. The maximum Gasteiger partial charge on any atom is 0.325 e. The van der Waals surface area contributed by atoms with Crippen LogP contribution in [0.2, 0.25) is 0 Å². The normalized spacial score (nSPS) is 22.3. The van der Waals surface area contributed by atoms with Gasteiger partial charge in [-0.2, -0.15) is 4.31 Å². The lowest BCUT2D eigenvalue weighted by atomic mass is 10.2. The summed E-state index contributed by atoms with van der Waals surface area (Å²) in [5.74, 6) is -0.641. The third-order valence-corrected chi connectivity index (χ3v) is 5.29. The van der Waals surface area contributed by atoms with Gasteiger partial charge in [0.2, 0.25) is 10.0 Å². The van der Waals surface area contributed by atoms with Crippen LogP contribution in [-0.4, -0.2) is 37.1 Å². The highest BCUT2D eigenvalue weighted by atomic mass is 32.2. The van der Waals surface area contributed by atoms with Crippen molar-refractivity contribution in [2.45, 2.75) is 25.1 Å². The van der Waals surface area contributed by atoms with E-state index in [1.54, 1.807) is 6.92 Å². The molecule has 19 heavy (non-hydrogen) atoms. The zero-order chi connectivity index (χ0) is 13.9. The van der Waals surface area contributed by atoms with Crippen molar-refractivity contribution in [1.82, 2.24) is 4.31 Å². The zero-order valence-electron chi connectivity index (χ0n) is 10.8. The number of carbonyl (C=O) groups excluding carboxylic acids is 1. The van der Waals surface area contributed by atoms with Crippen LogP contribution in [0.1, 0.15) is 18.9 Å². The highest BCUT2D eigenvalue weighted by Gasteiger charge is 2.44. The minimum absolute atomic E-state index is 0.198. The van der Waals surface area contributed by atoms with E-state index in [4.69, 9.17) is 4.74 Å². The van der Waals surface area contributed by atoms with Crippen molar-refractivity contribution in [3.05, 3.63) is 35.9 Å². The summed E-state index contributed by atoms with van der Waals surface area (Å²) in [6, 6.07) is 9.34. The van der Waals surface area contributed by atoms with Crippen LogP contribution in [0.15, 0.2) is 30.3 Å². The minimum Gasteiger partial charge on any atom is -0.465 e.